The van der Waals surface area contributed by atoms with E-state index < -0.39 is 0 Å². The van der Waals surface area contributed by atoms with Crippen LogP contribution in [0.1, 0.15) is 32.1 Å². The first-order chi connectivity index (χ1) is 9.40. The minimum absolute atomic E-state index is 0.712. The van der Waals surface area contributed by atoms with Crippen LogP contribution in [0.4, 0.5) is 0 Å². The van der Waals surface area contributed by atoms with Crippen LogP contribution >= 0.6 is 0 Å². The van der Waals surface area contributed by atoms with Gasteiger partial charge < -0.3 is 14.4 Å². The number of methoxy groups -OCH3 is 1. The van der Waals surface area contributed by atoms with Crippen LogP contribution in [0.25, 0.3) is 0 Å². The second-order valence-corrected chi connectivity index (χ2v) is 5.80. The van der Waals surface area contributed by atoms with E-state index in [-0.39, 0.29) is 0 Å². The lowest BCUT2D eigenvalue weighted by atomic mass is 9.99. The summed E-state index contributed by atoms with van der Waals surface area (Å²) in [7, 11) is 1.72. The third-order valence-electron chi connectivity index (χ3n) is 4.37. The summed E-state index contributed by atoms with van der Waals surface area (Å²) < 4.78 is 10.5. The molecule has 1 atom stereocenters. The fourth-order valence-corrected chi connectivity index (χ4v) is 3.21. The van der Waals surface area contributed by atoms with Crippen molar-refractivity contribution in [3.8, 4) is 0 Å². The quantitative estimate of drug-likeness (QED) is 0.626. The number of hydrogen-bond donors (Lipinski definition) is 0. The molecule has 4 nitrogen and oxygen atoms in total. The monoisotopic (exact) mass is 270 g/mol. The van der Waals surface area contributed by atoms with Crippen LogP contribution in [0.3, 0.4) is 0 Å². The largest absolute Gasteiger partial charge is 0.382 e. The molecule has 0 spiro atoms. The van der Waals surface area contributed by atoms with Gasteiger partial charge in [0.05, 0.1) is 13.2 Å². The van der Waals surface area contributed by atoms with Gasteiger partial charge in [-0.3, -0.25) is 4.90 Å². The zero-order valence-corrected chi connectivity index (χ0v) is 12.5. The first-order valence-electron chi connectivity index (χ1n) is 7.93. The Morgan fingerprint density at radius 2 is 1.95 bits per heavy atom. The standard InChI is InChI=1S/C15H30N2O2/c1-18-12-13-19-11-5-4-7-16-9-10-17-8-3-2-6-15(17)14-16/h15H,2-14H2,1H3. The first kappa shape index (κ1) is 15.2. The second-order valence-electron chi connectivity index (χ2n) is 5.80. The fourth-order valence-electron chi connectivity index (χ4n) is 3.21. The number of unbranched alkanes of at least 4 members (excludes halogenated alkanes) is 1. The third kappa shape index (κ3) is 5.38. The van der Waals surface area contributed by atoms with E-state index in [1.807, 2.05) is 0 Å². The number of fused-ring (bicyclic) bond motifs is 1. The van der Waals surface area contributed by atoms with Crippen LogP contribution in [0.2, 0.25) is 0 Å². The Labute approximate surface area is 118 Å². The van der Waals surface area contributed by atoms with E-state index >= 15 is 0 Å². The summed E-state index contributed by atoms with van der Waals surface area (Å²) in [5.74, 6) is 0. The molecule has 112 valence electrons. The Morgan fingerprint density at radius 1 is 1.00 bits per heavy atom. The van der Waals surface area contributed by atoms with Crippen molar-refractivity contribution in [1.82, 2.24) is 9.80 Å². The highest BCUT2D eigenvalue weighted by Gasteiger charge is 2.28. The zero-order valence-electron chi connectivity index (χ0n) is 12.5. The lowest BCUT2D eigenvalue weighted by Gasteiger charge is -2.44. The third-order valence-corrected chi connectivity index (χ3v) is 4.37. The van der Waals surface area contributed by atoms with Crippen molar-refractivity contribution in [2.24, 2.45) is 0 Å². The van der Waals surface area contributed by atoms with Gasteiger partial charge in [0.2, 0.25) is 0 Å². The zero-order chi connectivity index (χ0) is 13.3. The topological polar surface area (TPSA) is 24.9 Å². The summed E-state index contributed by atoms with van der Waals surface area (Å²) in [5, 5.41) is 0. The molecule has 0 aromatic carbocycles. The molecule has 2 heterocycles. The van der Waals surface area contributed by atoms with Gasteiger partial charge in [-0.05, 0) is 38.8 Å². The Hall–Kier alpha value is -0.160. The maximum Gasteiger partial charge on any atom is 0.0700 e. The minimum atomic E-state index is 0.712. The number of piperidine rings is 1. The van der Waals surface area contributed by atoms with Gasteiger partial charge in [-0.25, -0.2) is 0 Å². The number of ether oxygens (including phenoxy) is 2. The molecule has 0 radical (unpaired) electrons. The molecule has 0 aliphatic carbocycles. The van der Waals surface area contributed by atoms with Gasteiger partial charge in [-0.15, -0.1) is 0 Å². The molecule has 4 heteroatoms. The molecule has 0 aromatic rings. The van der Waals surface area contributed by atoms with Crippen molar-refractivity contribution in [3.05, 3.63) is 0 Å². The summed E-state index contributed by atoms with van der Waals surface area (Å²) in [6, 6.07) is 0.848. The first-order valence-corrected chi connectivity index (χ1v) is 7.93. The van der Waals surface area contributed by atoms with Gasteiger partial charge in [0.1, 0.15) is 0 Å². The van der Waals surface area contributed by atoms with E-state index in [2.05, 4.69) is 9.80 Å². The van der Waals surface area contributed by atoms with Crippen LogP contribution in [0, 0.1) is 0 Å². The predicted molar refractivity (Wildman–Crippen MR) is 77.6 cm³/mol. The van der Waals surface area contributed by atoms with E-state index in [1.54, 1.807) is 7.11 Å². The smallest absolute Gasteiger partial charge is 0.0700 e. The molecule has 2 aliphatic rings. The summed E-state index contributed by atoms with van der Waals surface area (Å²) >= 11 is 0. The van der Waals surface area contributed by atoms with Crippen molar-refractivity contribution in [1.29, 1.82) is 0 Å². The molecule has 2 aliphatic heterocycles. The van der Waals surface area contributed by atoms with Gasteiger partial charge in [0, 0.05) is 39.4 Å². The highest BCUT2D eigenvalue weighted by Crippen LogP contribution is 2.21. The molecule has 2 rings (SSSR count). The molecular weight excluding hydrogens is 240 g/mol. The normalized spacial score (nSPS) is 25.4. The van der Waals surface area contributed by atoms with E-state index in [1.165, 1.54) is 64.8 Å². The van der Waals surface area contributed by atoms with E-state index in [0.29, 0.717) is 6.61 Å². The molecule has 2 saturated heterocycles. The van der Waals surface area contributed by atoms with Crippen molar-refractivity contribution in [2.75, 3.05) is 59.7 Å². The molecule has 0 aromatic heterocycles. The lowest BCUT2D eigenvalue weighted by Crippen LogP contribution is -2.54. The summed E-state index contributed by atoms with van der Waals surface area (Å²) in [5.41, 5.74) is 0. The van der Waals surface area contributed by atoms with Crippen molar-refractivity contribution in [3.63, 3.8) is 0 Å². The Morgan fingerprint density at radius 3 is 2.84 bits per heavy atom. The number of rotatable bonds is 8. The molecule has 2 fully saturated rings. The van der Waals surface area contributed by atoms with Crippen molar-refractivity contribution in [2.45, 2.75) is 38.1 Å². The minimum Gasteiger partial charge on any atom is -0.382 e. The average Bonchev–Trinajstić information content (AvgIpc) is 2.46. The van der Waals surface area contributed by atoms with Crippen LogP contribution in [0.5, 0.6) is 0 Å². The average molecular weight is 270 g/mol. The summed E-state index contributed by atoms with van der Waals surface area (Å²) in [6.45, 7) is 8.76. The van der Waals surface area contributed by atoms with Crippen LogP contribution in [-0.2, 0) is 9.47 Å². The maximum absolute atomic E-state index is 5.50. The second kappa shape index (κ2) is 8.90. The van der Waals surface area contributed by atoms with Crippen LogP contribution in [-0.4, -0.2) is 75.5 Å². The van der Waals surface area contributed by atoms with Gasteiger partial charge in [0.15, 0.2) is 0 Å². The highest BCUT2D eigenvalue weighted by molar-refractivity contribution is 4.84. The van der Waals surface area contributed by atoms with Gasteiger partial charge >= 0.3 is 0 Å². The number of hydrogen-bond acceptors (Lipinski definition) is 4. The van der Waals surface area contributed by atoms with E-state index in [9.17, 15) is 0 Å². The Kier molecular flexibility index (Phi) is 7.14. The number of piperazine rings is 1. The van der Waals surface area contributed by atoms with E-state index in [0.717, 1.165) is 19.3 Å². The van der Waals surface area contributed by atoms with Crippen LogP contribution < -0.4 is 0 Å². The lowest BCUT2D eigenvalue weighted by molar-refractivity contribution is 0.0442. The summed E-state index contributed by atoms with van der Waals surface area (Å²) in [6.07, 6.45) is 6.70. The molecule has 19 heavy (non-hydrogen) atoms. The highest BCUT2D eigenvalue weighted by atomic mass is 16.5. The Balaban J connectivity index is 1.50. The van der Waals surface area contributed by atoms with Gasteiger partial charge in [-0.2, -0.15) is 0 Å². The SMILES string of the molecule is COCCOCCCCN1CCN2CCCCC2C1. The van der Waals surface area contributed by atoms with Crippen molar-refractivity contribution >= 4 is 0 Å². The van der Waals surface area contributed by atoms with Crippen LogP contribution in [0.15, 0.2) is 0 Å². The molecule has 0 bridgehead atoms. The van der Waals surface area contributed by atoms with Crippen molar-refractivity contribution < 1.29 is 9.47 Å². The fraction of sp³-hybridized carbons (Fsp3) is 1.00. The molecular formula is C15H30N2O2. The van der Waals surface area contributed by atoms with E-state index in [4.69, 9.17) is 9.47 Å². The summed E-state index contributed by atoms with van der Waals surface area (Å²) in [4.78, 5) is 5.36. The Bertz CT molecular complexity index is 238. The number of nitrogens with zero attached hydrogens (tertiary/aromatic N) is 2. The van der Waals surface area contributed by atoms with Gasteiger partial charge in [0.25, 0.3) is 0 Å². The predicted octanol–water partition coefficient (Wildman–Crippen LogP) is 1.60. The van der Waals surface area contributed by atoms with Gasteiger partial charge in [-0.1, -0.05) is 6.42 Å². The molecule has 0 N–H and O–H groups in total. The molecule has 0 amide bonds. The maximum atomic E-state index is 5.50. The molecule has 0 saturated carbocycles. The molecule has 1 unspecified atom stereocenters.